The first-order valence-corrected chi connectivity index (χ1v) is 13.7. The summed E-state index contributed by atoms with van der Waals surface area (Å²) in [6.07, 6.45) is 5.09. The summed E-state index contributed by atoms with van der Waals surface area (Å²) in [4.78, 5) is 34.1. The summed E-state index contributed by atoms with van der Waals surface area (Å²) < 4.78 is 13.9. The molecule has 0 aliphatic carbocycles. The number of pyridine rings is 3. The number of nitrogens with one attached hydrogen (secondary N) is 2. The van der Waals surface area contributed by atoms with E-state index in [1.54, 1.807) is 22.8 Å². The molecule has 42 heavy (non-hydrogen) atoms. The molecule has 2 aliphatic rings. The molecule has 218 valence electrons. The van der Waals surface area contributed by atoms with E-state index >= 15 is 0 Å². The quantitative estimate of drug-likeness (QED) is 0.246. The molecule has 4 aromatic heterocycles. The lowest BCUT2D eigenvalue weighted by Crippen LogP contribution is -2.60. The third-order valence-corrected chi connectivity index (χ3v) is 7.45. The summed E-state index contributed by atoms with van der Waals surface area (Å²) in [5, 5.41) is 28.9. The molecule has 4 aromatic rings. The number of hydrogen-bond acceptors (Lipinski definition) is 9. The second-order valence-corrected chi connectivity index (χ2v) is 10.4. The van der Waals surface area contributed by atoms with Crippen LogP contribution in [0.2, 0.25) is 0 Å². The minimum absolute atomic E-state index is 0.131. The number of aromatic nitrogens is 4. The van der Waals surface area contributed by atoms with E-state index in [0.29, 0.717) is 49.0 Å². The number of hydrogen-bond donors (Lipinski definition) is 4. The van der Waals surface area contributed by atoms with Crippen LogP contribution in [0.5, 0.6) is 5.75 Å². The van der Waals surface area contributed by atoms with E-state index in [1.807, 2.05) is 37.4 Å². The van der Waals surface area contributed by atoms with Crippen molar-refractivity contribution < 1.29 is 29.3 Å². The van der Waals surface area contributed by atoms with Gasteiger partial charge in [0.15, 0.2) is 5.82 Å². The third kappa shape index (κ3) is 5.69. The maximum atomic E-state index is 12.0. The molecular weight excluding hydrogens is 542 g/mol. The van der Waals surface area contributed by atoms with Gasteiger partial charge in [-0.25, -0.2) is 14.3 Å². The van der Waals surface area contributed by atoms with E-state index < -0.39 is 6.09 Å². The standard InChI is InChI=1S/C29H31N7O6/c1-17-8-24(25(14-31-17)42-23-10-21-15-41-16-22(11-23)36(21)29(39)40)18-4-6-35-20(9-18)12-27(34-35)33-26-3-2-19(13-32-26)28(38)30-5-7-37/h2-4,6,8-9,12-14,21-23,37H,5,7,10-11,15-16H2,1H3,(H,30,38)(H,39,40)(H,32,33,34)/t21-,22+,23?. The molecule has 13 heteroatoms. The van der Waals surface area contributed by atoms with Gasteiger partial charge in [0.2, 0.25) is 0 Å². The number of piperidine rings is 1. The van der Waals surface area contributed by atoms with Gasteiger partial charge < -0.3 is 30.3 Å². The fourth-order valence-electron chi connectivity index (χ4n) is 5.55. The summed E-state index contributed by atoms with van der Waals surface area (Å²) in [5.41, 5.74) is 3.90. The molecule has 0 aromatic carbocycles. The number of carbonyl (C=O) groups is 2. The van der Waals surface area contributed by atoms with Gasteiger partial charge in [0, 0.05) is 49.1 Å². The summed E-state index contributed by atoms with van der Waals surface area (Å²) in [6.45, 7) is 2.71. The van der Waals surface area contributed by atoms with Crippen molar-refractivity contribution in [2.24, 2.45) is 0 Å². The number of fused-ring (bicyclic) bond motifs is 3. The van der Waals surface area contributed by atoms with Crippen molar-refractivity contribution in [3.8, 4) is 16.9 Å². The second-order valence-electron chi connectivity index (χ2n) is 10.4. The van der Waals surface area contributed by atoms with E-state index in [2.05, 4.69) is 25.7 Å². The highest BCUT2D eigenvalue weighted by Crippen LogP contribution is 2.36. The van der Waals surface area contributed by atoms with Crippen molar-refractivity contribution in [2.45, 2.75) is 38.0 Å². The molecule has 1 unspecified atom stereocenters. The zero-order valence-electron chi connectivity index (χ0n) is 22.9. The van der Waals surface area contributed by atoms with Crippen molar-refractivity contribution in [2.75, 3.05) is 31.7 Å². The Morgan fingerprint density at radius 1 is 1.07 bits per heavy atom. The number of aliphatic hydroxyl groups excluding tert-OH is 1. The van der Waals surface area contributed by atoms with Crippen LogP contribution in [0.1, 0.15) is 28.9 Å². The van der Waals surface area contributed by atoms with Crippen molar-refractivity contribution in [1.82, 2.24) is 29.8 Å². The van der Waals surface area contributed by atoms with Gasteiger partial charge >= 0.3 is 6.09 Å². The van der Waals surface area contributed by atoms with Crippen LogP contribution in [-0.2, 0) is 4.74 Å². The van der Waals surface area contributed by atoms with Gasteiger partial charge in [-0.3, -0.25) is 14.7 Å². The Kier molecular flexibility index (Phi) is 7.59. The highest BCUT2D eigenvalue weighted by molar-refractivity contribution is 5.94. The summed E-state index contributed by atoms with van der Waals surface area (Å²) in [7, 11) is 0. The highest BCUT2D eigenvalue weighted by Gasteiger charge is 2.42. The molecule has 2 saturated heterocycles. The van der Waals surface area contributed by atoms with Gasteiger partial charge in [-0.1, -0.05) is 0 Å². The molecule has 4 N–H and O–H groups in total. The van der Waals surface area contributed by atoms with E-state index in [0.717, 1.165) is 22.3 Å². The van der Waals surface area contributed by atoms with Gasteiger partial charge in [0.25, 0.3) is 5.91 Å². The van der Waals surface area contributed by atoms with Crippen LogP contribution >= 0.6 is 0 Å². The normalized spacial score (nSPS) is 19.9. The van der Waals surface area contributed by atoms with Crippen LogP contribution in [0.15, 0.2) is 55.0 Å². The average Bonchev–Trinajstić information content (AvgIpc) is 3.38. The molecule has 2 fully saturated rings. The van der Waals surface area contributed by atoms with E-state index in [-0.39, 0.29) is 37.2 Å². The number of aryl methyl sites for hydroxylation is 1. The monoisotopic (exact) mass is 573 g/mol. The molecule has 2 bridgehead atoms. The lowest BCUT2D eigenvalue weighted by molar-refractivity contribution is -0.0857. The number of carbonyl (C=O) groups excluding carboxylic acids is 1. The number of nitrogens with zero attached hydrogens (tertiary/aromatic N) is 5. The van der Waals surface area contributed by atoms with Crippen LogP contribution in [0.25, 0.3) is 16.6 Å². The van der Waals surface area contributed by atoms with Gasteiger partial charge in [-0.05, 0) is 42.8 Å². The number of ether oxygens (including phenoxy) is 2. The van der Waals surface area contributed by atoms with Crippen molar-refractivity contribution in [3.05, 3.63) is 66.2 Å². The zero-order chi connectivity index (χ0) is 29.2. The Balaban J connectivity index is 1.20. The maximum Gasteiger partial charge on any atom is 0.407 e. The van der Waals surface area contributed by atoms with Gasteiger partial charge in [0.1, 0.15) is 17.7 Å². The van der Waals surface area contributed by atoms with E-state index in [4.69, 9.17) is 14.6 Å². The molecule has 6 heterocycles. The lowest BCUT2D eigenvalue weighted by atomic mass is 9.92. The molecule has 13 nitrogen and oxygen atoms in total. The second kappa shape index (κ2) is 11.6. The molecule has 2 aliphatic heterocycles. The summed E-state index contributed by atoms with van der Waals surface area (Å²) in [6, 6.07) is 10.7. The Morgan fingerprint density at radius 2 is 1.88 bits per heavy atom. The minimum atomic E-state index is -0.915. The zero-order valence-corrected chi connectivity index (χ0v) is 22.9. The number of rotatable bonds is 8. The highest BCUT2D eigenvalue weighted by atomic mass is 16.5. The van der Waals surface area contributed by atoms with Crippen LogP contribution in [0.3, 0.4) is 0 Å². The first-order chi connectivity index (χ1) is 20.4. The lowest BCUT2D eigenvalue weighted by Gasteiger charge is -2.46. The van der Waals surface area contributed by atoms with Crippen LogP contribution < -0.4 is 15.4 Å². The first-order valence-electron chi connectivity index (χ1n) is 13.7. The molecule has 0 saturated carbocycles. The Hall–Kier alpha value is -4.75. The number of morpholine rings is 1. The number of amides is 2. The third-order valence-electron chi connectivity index (χ3n) is 7.45. The average molecular weight is 574 g/mol. The SMILES string of the molecule is Cc1cc(-c2ccn3nc(Nc4ccc(C(=O)NCCO)cn4)cc3c2)c(OC2C[C@H]3COC[C@@H](C2)N3C(=O)O)cn1. The van der Waals surface area contributed by atoms with E-state index in [9.17, 15) is 14.7 Å². The molecule has 6 rings (SSSR count). The fourth-order valence-corrected chi connectivity index (χ4v) is 5.55. The summed E-state index contributed by atoms with van der Waals surface area (Å²) in [5.74, 6) is 1.45. The van der Waals surface area contributed by atoms with Crippen LogP contribution in [-0.4, -0.2) is 91.2 Å². The fraction of sp³-hybridized carbons (Fsp3) is 0.345. The van der Waals surface area contributed by atoms with Gasteiger partial charge in [-0.2, -0.15) is 5.10 Å². The molecule has 0 spiro atoms. The largest absolute Gasteiger partial charge is 0.488 e. The number of anilines is 2. The Labute approximate surface area is 241 Å². The summed E-state index contributed by atoms with van der Waals surface area (Å²) >= 11 is 0. The van der Waals surface area contributed by atoms with E-state index in [1.165, 1.54) is 11.1 Å². The molecule has 2 amide bonds. The minimum Gasteiger partial charge on any atom is -0.488 e. The maximum absolute atomic E-state index is 12.0. The predicted octanol–water partition coefficient (Wildman–Crippen LogP) is 2.85. The smallest absolute Gasteiger partial charge is 0.407 e. The molecule has 3 atom stereocenters. The van der Waals surface area contributed by atoms with Gasteiger partial charge in [0.05, 0.1) is 49.2 Å². The van der Waals surface area contributed by atoms with Gasteiger partial charge in [-0.15, -0.1) is 0 Å². The molecular formula is C29H31N7O6. The van der Waals surface area contributed by atoms with Crippen LogP contribution in [0.4, 0.5) is 16.4 Å². The topological polar surface area (TPSA) is 163 Å². The molecule has 0 radical (unpaired) electrons. The number of aliphatic hydroxyl groups is 1. The van der Waals surface area contributed by atoms with Crippen molar-refractivity contribution >= 4 is 29.2 Å². The first kappa shape index (κ1) is 27.4. The Morgan fingerprint density at radius 3 is 2.60 bits per heavy atom. The predicted molar refractivity (Wildman–Crippen MR) is 152 cm³/mol. The Bertz CT molecular complexity index is 1590. The van der Waals surface area contributed by atoms with Crippen LogP contribution in [0, 0.1) is 6.92 Å². The van der Waals surface area contributed by atoms with Crippen molar-refractivity contribution in [3.63, 3.8) is 0 Å². The van der Waals surface area contributed by atoms with Crippen molar-refractivity contribution in [1.29, 1.82) is 0 Å². The number of carboxylic acid groups (broad SMARTS) is 1.